The van der Waals surface area contributed by atoms with Crippen LogP contribution in [0.25, 0.3) is 5.95 Å². The van der Waals surface area contributed by atoms with Crippen molar-refractivity contribution in [3.63, 3.8) is 0 Å². The summed E-state index contributed by atoms with van der Waals surface area (Å²) in [6, 6.07) is 1.69. The summed E-state index contributed by atoms with van der Waals surface area (Å²) in [6.07, 6.45) is 3.19. The Labute approximate surface area is 114 Å². The molecule has 0 radical (unpaired) electrons. The third-order valence-electron chi connectivity index (χ3n) is 2.59. The first-order valence-corrected chi connectivity index (χ1v) is 5.93. The molecule has 0 spiro atoms. The lowest BCUT2D eigenvalue weighted by Crippen LogP contribution is -2.47. The Hall–Kier alpha value is -2.64. The molecule has 0 aromatic carbocycles. The summed E-state index contributed by atoms with van der Waals surface area (Å²) in [5.74, 6) is 0.225. The lowest BCUT2D eigenvalue weighted by Gasteiger charge is -2.31. The summed E-state index contributed by atoms with van der Waals surface area (Å²) in [7, 11) is 0. The van der Waals surface area contributed by atoms with Crippen molar-refractivity contribution in [2.45, 2.75) is 26.3 Å². The lowest BCUT2D eigenvalue weighted by atomic mass is 10.1. The normalized spacial score (nSPS) is 11.3. The van der Waals surface area contributed by atoms with E-state index in [1.54, 1.807) is 39.2 Å². The fraction of sp³-hybridized carbons (Fsp3) is 0.333. The number of hydrogen-bond donors (Lipinski definition) is 2. The molecular weight excluding hydrogens is 262 g/mol. The van der Waals surface area contributed by atoms with E-state index in [4.69, 9.17) is 0 Å². The van der Waals surface area contributed by atoms with Crippen molar-refractivity contribution >= 4 is 11.8 Å². The summed E-state index contributed by atoms with van der Waals surface area (Å²) < 4.78 is 1.38. The summed E-state index contributed by atoms with van der Waals surface area (Å²) >= 11 is 0. The van der Waals surface area contributed by atoms with Crippen molar-refractivity contribution in [3.8, 4) is 5.95 Å². The van der Waals surface area contributed by atoms with Gasteiger partial charge in [-0.15, -0.1) is 0 Å². The van der Waals surface area contributed by atoms with Crippen molar-refractivity contribution in [2.75, 3.05) is 4.90 Å². The summed E-state index contributed by atoms with van der Waals surface area (Å²) in [6.45, 7) is 5.09. The second-order valence-corrected chi connectivity index (χ2v) is 5.16. The number of carbonyl (C=O) groups is 1. The molecule has 1 amide bonds. The number of H-pyrrole nitrogens is 1. The maximum atomic E-state index is 12.1. The Morgan fingerprint density at radius 2 is 2.15 bits per heavy atom. The Kier molecular flexibility index (Phi) is 3.31. The minimum atomic E-state index is -1.21. The van der Waals surface area contributed by atoms with Crippen molar-refractivity contribution in [2.24, 2.45) is 0 Å². The van der Waals surface area contributed by atoms with E-state index in [1.165, 1.54) is 10.9 Å². The molecule has 0 bridgehead atoms. The molecule has 0 saturated carbocycles. The largest absolute Gasteiger partial charge is 0.465 e. The Morgan fingerprint density at radius 1 is 1.45 bits per heavy atom. The van der Waals surface area contributed by atoms with E-state index < -0.39 is 17.2 Å². The van der Waals surface area contributed by atoms with E-state index in [9.17, 15) is 14.7 Å². The van der Waals surface area contributed by atoms with E-state index in [1.807, 2.05) is 0 Å². The van der Waals surface area contributed by atoms with Gasteiger partial charge in [0.2, 0.25) is 5.95 Å². The number of nitrogens with one attached hydrogen (secondary N) is 1. The van der Waals surface area contributed by atoms with Gasteiger partial charge in [-0.1, -0.05) is 0 Å². The van der Waals surface area contributed by atoms with Crippen LogP contribution in [-0.2, 0) is 0 Å². The van der Waals surface area contributed by atoms with Crippen LogP contribution in [0, 0.1) is 0 Å². The number of anilines is 1. The molecule has 0 atom stereocenters. The summed E-state index contributed by atoms with van der Waals surface area (Å²) in [5.41, 5.74) is -1.32. The minimum absolute atomic E-state index is 0.0269. The van der Waals surface area contributed by atoms with Crippen LogP contribution in [0.5, 0.6) is 0 Å². The molecule has 20 heavy (non-hydrogen) atoms. The number of aromatic amines is 1. The number of rotatable bonds is 2. The van der Waals surface area contributed by atoms with Gasteiger partial charge in [0.1, 0.15) is 5.69 Å². The van der Waals surface area contributed by atoms with E-state index >= 15 is 0 Å². The van der Waals surface area contributed by atoms with Gasteiger partial charge in [0.05, 0.1) is 6.20 Å². The molecule has 0 aliphatic heterocycles. The lowest BCUT2D eigenvalue weighted by molar-refractivity contribution is 0.195. The van der Waals surface area contributed by atoms with Gasteiger partial charge in [-0.25, -0.2) is 14.5 Å². The molecule has 2 aromatic heterocycles. The van der Waals surface area contributed by atoms with Crippen molar-refractivity contribution in [1.29, 1.82) is 0 Å². The molecule has 8 nitrogen and oxygen atoms in total. The average molecular weight is 277 g/mol. The Balaban J connectivity index is 2.49. The fourth-order valence-corrected chi connectivity index (χ4v) is 1.80. The predicted octanol–water partition coefficient (Wildman–Crippen LogP) is 1.24. The van der Waals surface area contributed by atoms with Crippen LogP contribution in [0.3, 0.4) is 0 Å². The second-order valence-electron chi connectivity index (χ2n) is 5.16. The molecule has 0 saturated heterocycles. The molecule has 0 aliphatic carbocycles. The Morgan fingerprint density at radius 3 is 2.60 bits per heavy atom. The molecule has 8 heteroatoms. The zero-order valence-electron chi connectivity index (χ0n) is 11.4. The number of aromatic nitrogens is 4. The minimum Gasteiger partial charge on any atom is -0.465 e. The first kappa shape index (κ1) is 13.8. The molecule has 0 unspecified atom stereocenters. The second kappa shape index (κ2) is 4.80. The maximum Gasteiger partial charge on any atom is 0.412 e. The highest BCUT2D eigenvalue weighted by molar-refractivity contribution is 5.87. The van der Waals surface area contributed by atoms with Crippen LogP contribution in [0.4, 0.5) is 10.5 Å². The zero-order chi connectivity index (χ0) is 14.9. The summed E-state index contributed by atoms with van der Waals surface area (Å²) in [4.78, 5) is 31.0. The van der Waals surface area contributed by atoms with Gasteiger partial charge in [0, 0.05) is 17.9 Å². The van der Waals surface area contributed by atoms with Gasteiger partial charge in [-0.2, -0.15) is 5.10 Å². The highest BCUT2D eigenvalue weighted by Gasteiger charge is 2.30. The molecule has 0 aliphatic rings. The first-order chi connectivity index (χ1) is 9.30. The standard InChI is InChI=1S/C12H15N5O3/c1-12(2,3)17(11(19)20)8-7-13-10(15-9(8)18)16-6-4-5-14-16/h4-7H,1-3H3,(H,19,20)(H,13,15,18). The van der Waals surface area contributed by atoms with Crippen molar-refractivity contribution < 1.29 is 9.90 Å². The van der Waals surface area contributed by atoms with Crippen LogP contribution in [0.15, 0.2) is 29.5 Å². The fourth-order valence-electron chi connectivity index (χ4n) is 1.80. The topological polar surface area (TPSA) is 104 Å². The van der Waals surface area contributed by atoms with Crippen LogP contribution in [-0.4, -0.2) is 36.5 Å². The monoisotopic (exact) mass is 277 g/mol. The van der Waals surface area contributed by atoms with Crippen molar-refractivity contribution in [3.05, 3.63) is 35.0 Å². The van der Waals surface area contributed by atoms with Gasteiger partial charge < -0.3 is 5.11 Å². The first-order valence-electron chi connectivity index (χ1n) is 5.93. The third kappa shape index (κ3) is 2.53. The maximum absolute atomic E-state index is 12.1. The SMILES string of the molecule is CC(C)(C)N(C(=O)O)c1cnc(-n2cccn2)[nH]c1=O. The zero-order valence-corrected chi connectivity index (χ0v) is 11.4. The van der Waals surface area contributed by atoms with Crippen LogP contribution in [0.1, 0.15) is 20.8 Å². The molecular formula is C12H15N5O3. The van der Waals surface area contributed by atoms with Crippen LogP contribution < -0.4 is 10.5 Å². The molecule has 2 aromatic rings. The third-order valence-corrected chi connectivity index (χ3v) is 2.59. The van der Waals surface area contributed by atoms with E-state index in [2.05, 4.69) is 15.1 Å². The molecule has 2 rings (SSSR count). The van der Waals surface area contributed by atoms with Crippen LogP contribution >= 0.6 is 0 Å². The molecule has 2 heterocycles. The molecule has 106 valence electrons. The van der Waals surface area contributed by atoms with Gasteiger partial charge >= 0.3 is 6.09 Å². The molecule has 0 fully saturated rings. The van der Waals surface area contributed by atoms with Gasteiger partial charge in [-0.3, -0.25) is 14.7 Å². The number of hydrogen-bond acceptors (Lipinski definition) is 4. The number of nitrogens with zero attached hydrogens (tertiary/aromatic N) is 4. The van der Waals surface area contributed by atoms with E-state index in [0.717, 1.165) is 4.90 Å². The smallest absolute Gasteiger partial charge is 0.412 e. The quantitative estimate of drug-likeness (QED) is 0.859. The van der Waals surface area contributed by atoms with Gasteiger partial charge in [-0.05, 0) is 26.8 Å². The highest BCUT2D eigenvalue weighted by Crippen LogP contribution is 2.20. The van der Waals surface area contributed by atoms with Crippen molar-refractivity contribution in [1.82, 2.24) is 19.7 Å². The average Bonchev–Trinajstić information content (AvgIpc) is 2.82. The summed E-state index contributed by atoms with van der Waals surface area (Å²) in [5, 5.41) is 13.2. The number of amides is 1. The van der Waals surface area contributed by atoms with Crippen LogP contribution in [0.2, 0.25) is 0 Å². The predicted molar refractivity (Wildman–Crippen MR) is 72.2 cm³/mol. The number of carboxylic acid groups (broad SMARTS) is 1. The van der Waals surface area contributed by atoms with E-state index in [-0.39, 0.29) is 11.6 Å². The van der Waals surface area contributed by atoms with E-state index in [0.29, 0.717) is 0 Å². The Bertz CT molecular complexity index is 669. The van der Waals surface area contributed by atoms with Gasteiger partial charge in [0.25, 0.3) is 5.56 Å². The highest BCUT2D eigenvalue weighted by atomic mass is 16.4. The molecule has 2 N–H and O–H groups in total. The van der Waals surface area contributed by atoms with Gasteiger partial charge in [0.15, 0.2) is 0 Å².